The van der Waals surface area contributed by atoms with Crippen LogP contribution < -0.4 is 16.0 Å². The first-order valence-electron chi connectivity index (χ1n) is 7.08. The van der Waals surface area contributed by atoms with Crippen LogP contribution in [-0.2, 0) is 6.54 Å². The number of carbonyl (C=O) groups is 1. The lowest BCUT2D eigenvalue weighted by Gasteiger charge is -2.11. The molecule has 0 aromatic carbocycles. The molecule has 126 valence electrons. The molecular formula is C15H21IN4O2S. The summed E-state index contributed by atoms with van der Waals surface area (Å²) in [6, 6.07) is 7.44. The summed E-state index contributed by atoms with van der Waals surface area (Å²) in [5, 5.41) is 11.1. The fourth-order valence-electron chi connectivity index (χ4n) is 1.80. The number of carbonyl (C=O) groups excluding carboxylic acids is 1. The fraction of sp³-hybridized carbons (Fsp3) is 0.333. The number of amides is 1. The van der Waals surface area contributed by atoms with E-state index in [2.05, 4.69) is 20.9 Å². The molecule has 0 fully saturated rings. The van der Waals surface area contributed by atoms with Crippen LogP contribution in [0.4, 0.5) is 0 Å². The Labute approximate surface area is 156 Å². The molecule has 0 atom stereocenters. The van der Waals surface area contributed by atoms with Crippen molar-refractivity contribution in [3.05, 3.63) is 46.5 Å². The molecule has 0 bridgehead atoms. The molecule has 0 radical (unpaired) electrons. The Bertz CT molecular complexity index is 585. The molecule has 3 N–H and O–H groups in total. The molecule has 0 aliphatic heterocycles. The van der Waals surface area contributed by atoms with Gasteiger partial charge in [-0.3, -0.25) is 9.79 Å². The zero-order valence-corrected chi connectivity index (χ0v) is 16.0. The molecule has 0 saturated heterocycles. The zero-order chi connectivity index (χ0) is 15.6. The van der Waals surface area contributed by atoms with Gasteiger partial charge < -0.3 is 20.4 Å². The Morgan fingerprint density at radius 2 is 2.04 bits per heavy atom. The lowest BCUT2D eigenvalue weighted by atomic mass is 10.4. The van der Waals surface area contributed by atoms with E-state index >= 15 is 0 Å². The predicted molar refractivity (Wildman–Crippen MR) is 104 cm³/mol. The van der Waals surface area contributed by atoms with Crippen molar-refractivity contribution in [2.24, 2.45) is 4.99 Å². The molecule has 6 nitrogen and oxygen atoms in total. The summed E-state index contributed by atoms with van der Waals surface area (Å²) in [7, 11) is 1.72. The summed E-state index contributed by atoms with van der Waals surface area (Å²) >= 11 is 1.44. The highest BCUT2D eigenvalue weighted by molar-refractivity contribution is 14.0. The molecule has 2 heterocycles. The number of guanidine groups is 1. The number of hydrogen-bond acceptors (Lipinski definition) is 4. The average Bonchev–Trinajstić information content (AvgIpc) is 3.23. The van der Waals surface area contributed by atoms with Crippen molar-refractivity contribution in [3.8, 4) is 0 Å². The van der Waals surface area contributed by atoms with Crippen LogP contribution in [-0.4, -0.2) is 32.0 Å². The molecule has 0 aliphatic carbocycles. The molecule has 0 saturated carbocycles. The van der Waals surface area contributed by atoms with Gasteiger partial charge in [-0.2, -0.15) is 0 Å². The maximum atomic E-state index is 11.7. The Morgan fingerprint density at radius 1 is 1.22 bits per heavy atom. The molecule has 0 spiro atoms. The van der Waals surface area contributed by atoms with Crippen molar-refractivity contribution >= 4 is 47.2 Å². The second-order valence-corrected chi connectivity index (χ2v) is 5.47. The first-order valence-corrected chi connectivity index (χ1v) is 7.96. The smallest absolute Gasteiger partial charge is 0.261 e. The minimum absolute atomic E-state index is 0. The fourth-order valence-corrected chi connectivity index (χ4v) is 2.44. The van der Waals surface area contributed by atoms with Crippen molar-refractivity contribution in [2.75, 3.05) is 20.1 Å². The van der Waals surface area contributed by atoms with Gasteiger partial charge in [0.15, 0.2) is 5.96 Å². The summed E-state index contributed by atoms with van der Waals surface area (Å²) in [5.41, 5.74) is 0. The van der Waals surface area contributed by atoms with E-state index < -0.39 is 0 Å². The summed E-state index contributed by atoms with van der Waals surface area (Å²) in [6.45, 7) is 1.93. The molecule has 2 aromatic heterocycles. The number of nitrogens with one attached hydrogen (secondary N) is 3. The molecule has 0 aliphatic rings. The van der Waals surface area contributed by atoms with Gasteiger partial charge in [0.1, 0.15) is 5.76 Å². The lowest BCUT2D eigenvalue weighted by Crippen LogP contribution is -2.38. The van der Waals surface area contributed by atoms with Crippen LogP contribution in [0.1, 0.15) is 21.9 Å². The Kier molecular flexibility index (Phi) is 9.37. The van der Waals surface area contributed by atoms with Crippen LogP contribution in [0.2, 0.25) is 0 Å². The van der Waals surface area contributed by atoms with Gasteiger partial charge in [-0.05, 0) is 30.0 Å². The third kappa shape index (κ3) is 7.04. The Morgan fingerprint density at radius 3 is 2.70 bits per heavy atom. The van der Waals surface area contributed by atoms with Crippen molar-refractivity contribution in [1.82, 2.24) is 16.0 Å². The molecule has 8 heteroatoms. The second-order valence-electron chi connectivity index (χ2n) is 4.52. The number of nitrogens with zero attached hydrogens (tertiary/aromatic N) is 1. The molecule has 23 heavy (non-hydrogen) atoms. The highest BCUT2D eigenvalue weighted by Gasteiger charge is 2.04. The van der Waals surface area contributed by atoms with E-state index in [1.165, 1.54) is 11.3 Å². The molecular weight excluding hydrogens is 427 g/mol. The van der Waals surface area contributed by atoms with Crippen LogP contribution in [0.15, 0.2) is 45.3 Å². The minimum Gasteiger partial charge on any atom is -0.467 e. The van der Waals surface area contributed by atoms with Crippen molar-refractivity contribution in [3.63, 3.8) is 0 Å². The van der Waals surface area contributed by atoms with E-state index in [1.807, 2.05) is 29.6 Å². The van der Waals surface area contributed by atoms with E-state index in [0.29, 0.717) is 19.0 Å². The van der Waals surface area contributed by atoms with E-state index in [1.54, 1.807) is 13.3 Å². The largest absolute Gasteiger partial charge is 0.467 e. The number of rotatable bonds is 7. The highest BCUT2D eigenvalue weighted by atomic mass is 127. The average molecular weight is 448 g/mol. The van der Waals surface area contributed by atoms with Crippen molar-refractivity contribution in [2.45, 2.75) is 13.0 Å². The van der Waals surface area contributed by atoms with Crippen LogP contribution in [0, 0.1) is 0 Å². The van der Waals surface area contributed by atoms with Crippen LogP contribution in [0.3, 0.4) is 0 Å². The minimum atomic E-state index is -0.0182. The topological polar surface area (TPSA) is 78.7 Å². The maximum Gasteiger partial charge on any atom is 0.261 e. The SMILES string of the molecule is CN=C(NCCCNC(=O)c1cccs1)NCc1ccco1.I. The molecule has 2 aromatic rings. The third-order valence-electron chi connectivity index (χ3n) is 2.91. The number of thiophene rings is 1. The predicted octanol–water partition coefficient (Wildman–Crippen LogP) is 2.44. The van der Waals surface area contributed by atoms with Gasteiger partial charge in [-0.1, -0.05) is 6.07 Å². The standard InChI is InChI=1S/C15H20N4O2S.HI/c1-16-15(19-11-12-5-2-9-21-12)18-8-4-7-17-14(20)13-6-3-10-22-13;/h2-3,5-6,9-10H,4,7-8,11H2,1H3,(H,17,20)(H2,16,18,19);1H. The highest BCUT2D eigenvalue weighted by Crippen LogP contribution is 2.07. The van der Waals surface area contributed by atoms with Gasteiger partial charge >= 0.3 is 0 Å². The third-order valence-corrected chi connectivity index (χ3v) is 3.78. The zero-order valence-electron chi connectivity index (χ0n) is 12.9. The molecule has 1 amide bonds. The van der Waals surface area contributed by atoms with Crippen molar-refractivity contribution < 1.29 is 9.21 Å². The maximum absolute atomic E-state index is 11.7. The first-order chi connectivity index (χ1) is 10.8. The summed E-state index contributed by atoms with van der Waals surface area (Å²) in [6.07, 6.45) is 2.46. The molecule has 2 rings (SSSR count). The molecule has 0 unspecified atom stereocenters. The van der Waals surface area contributed by atoms with Crippen molar-refractivity contribution in [1.29, 1.82) is 0 Å². The number of furan rings is 1. The summed E-state index contributed by atoms with van der Waals surface area (Å²) < 4.78 is 5.24. The quantitative estimate of drug-likeness (QED) is 0.263. The number of hydrogen-bond donors (Lipinski definition) is 3. The monoisotopic (exact) mass is 448 g/mol. The van der Waals surface area contributed by atoms with Gasteiger partial charge in [-0.25, -0.2) is 0 Å². The van der Waals surface area contributed by atoms with E-state index in [9.17, 15) is 4.79 Å². The van der Waals surface area contributed by atoms with Gasteiger partial charge in [-0.15, -0.1) is 35.3 Å². The van der Waals surface area contributed by atoms with Gasteiger partial charge in [0.05, 0.1) is 17.7 Å². The van der Waals surface area contributed by atoms with E-state index in [-0.39, 0.29) is 29.9 Å². The Balaban J connectivity index is 0.00000264. The van der Waals surface area contributed by atoms with E-state index in [4.69, 9.17) is 4.42 Å². The van der Waals surface area contributed by atoms with Crippen LogP contribution >= 0.6 is 35.3 Å². The van der Waals surface area contributed by atoms with Gasteiger partial charge in [0.25, 0.3) is 5.91 Å². The number of halogens is 1. The van der Waals surface area contributed by atoms with Gasteiger partial charge in [0, 0.05) is 20.1 Å². The van der Waals surface area contributed by atoms with E-state index in [0.717, 1.165) is 23.6 Å². The second kappa shape index (κ2) is 11.1. The number of aliphatic imine (C=N–C) groups is 1. The lowest BCUT2D eigenvalue weighted by molar-refractivity contribution is 0.0957. The normalized spacial score (nSPS) is 10.7. The summed E-state index contributed by atoms with van der Waals surface area (Å²) in [4.78, 5) is 16.6. The van der Waals surface area contributed by atoms with Gasteiger partial charge in [0.2, 0.25) is 0 Å². The Hall–Kier alpha value is -1.55. The van der Waals surface area contributed by atoms with Crippen LogP contribution in [0.25, 0.3) is 0 Å². The van der Waals surface area contributed by atoms with Crippen LogP contribution in [0.5, 0.6) is 0 Å². The first kappa shape index (κ1) is 19.5. The summed E-state index contributed by atoms with van der Waals surface area (Å²) in [5.74, 6) is 1.54.